The van der Waals surface area contributed by atoms with E-state index in [9.17, 15) is 14.4 Å². The van der Waals surface area contributed by atoms with Gasteiger partial charge in [0.15, 0.2) is 0 Å². The van der Waals surface area contributed by atoms with Crippen LogP contribution in [-0.2, 0) is 0 Å². The highest BCUT2D eigenvalue weighted by Crippen LogP contribution is 2.03. The summed E-state index contributed by atoms with van der Waals surface area (Å²) >= 11 is 0. The fraction of sp³-hybridized carbons (Fsp3) is 0.176. The second kappa shape index (κ2) is 7.36. The van der Waals surface area contributed by atoms with E-state index in [2.05, 4.69) is 10.5 Å². The third-order valence-corrected chi connectivity index (χ3v) is 3.31. The largest absolute Gasteiger partial charge is 0.478 e. The Kier molecular flexibility index (Phi) is 5.26. The lowest BCUT2D eigenvalue weighted by Gasteiger charge is -2.10. The van der Waals surface area contributed by atoms with Crippen molar-refractivity contribution in [3.63, 3.8) is 0 Å². The number of benzene rings is 1. The number of carboxylic acids is 1. The number of rotatable bonds is 5. The van der Waals surface area contributed by atoms with Crippen LogP contribution in [0.25, 0.3) is 0 Å². The van der Waals surface area contributed by atoms with E-state index >= 15 is 0 Å². The van der Waals surface area contributed by atoms with Gasteiger partial charge >= 0.3 is 5.97 Å². The number of amides is 1. The Morgan fingerprint density at radius 3 is 2.46 bits per heavy atom. The molecule has 1 aromatic heterocycles. The van der Waals surface area contributed by atoms with Gasteiger partial charge in [-0.15, -0.1) is 0 Å². The fourth-order valence-corrected chi connectivity index (χ4v) is 2.03. The van der Waals surface area contributed by atoms with Crippen molar-refractivity contribution in [1.82, 2.24) is 9.99 Å². The molecule has 1 heterocycles. The zero-order valence-electron chi connectivity index (χ0n) is 13.3. The van der Waals surface area contributed by atoms with Gasteiger partial charge in [0.05, 0.1) is 11.8 Å². The second-order valence-electron chi connectivity index (χ2n) is 5.35. The molecule has 0 bridgehead atoms. The molecule has 0 unspecified atom stereocenters. The van der Waals surface area contributed by atoms with Gasteiger partial charge in [-0.3, -0.25) is 9.59 Å². The topological polar surface area (TPSA) is 101 Å². The Balaban J connectivity index is 2.09. The summed E-state index contributed by atoms with van der Waals surface area (Å²) < 4.78 is 1.46. The molecule has 2 aromatic rings. The number of hydrogen-bond donors (Lipinski definition) is 2. The van der Waals surface area contributed by atoms with Crippen molar-refractivity contribution in [1.29, 1.82) is 0 Å². The molecule has 0 spiro atoms. The summed E-state index contributed by atoms with van der Waals surface area (Å²) in [6, 6.07) is 9.01. The van der Waals surface area contributed by atoms with Crippen LogP contribution in [0.3, 0.4) is 0 Å². The first kappa shape index (κ1) is 17.1. The van der Waals surface area contributed by atoms with Gasteiger partial charge in [-0.1, -0.05) is 12.1 Å². The lowest BCUT2D eigenvalue weighted by molar-refractivity contribution is 0.0696. The van der Waals surface area contributed by atoms with Crippen LogP contribution in [0.2, 0.25) is 0 Å². The standard InChI is InChI=1S/C17H17N3O4/c1-11(2)20-9-3-4-14(16(20)22)15(21)19-18-10-12-5-7-13(8-6-12)17(23)24/h3-11H,1-2H3,(H,19,21)(H,23,24)/b18-10-. The number of nitrogens with zero attached hydrogens (tertiary/aromatic N) is 2. The Morgan fingerprint density at radius 2 is 1.88 bits per heavy atom. The maximum atomic E-state index is 12.2. The molecule has 1 aromatic carbocycles. The van der Waals surface area contributed by atoms with E-state index in [-0.39, 0.29) is 22.7 Å². The molecule has 1 amide bonds. The van der Waals surface area contributed by atoms with Crippen LogP contribution in [0, 0.1) is 0 Å². The van der Waals surface area contributed by atoms with Crippen molar-refractivity contribution >= 4 is 18.1 Å². The minimum absolute atomic E-state index is 0.00424. The van der Waals surface area contributed by atoms with Crippen LogP contribution in [0.4, 0.5) is 0 Å². The van der Waals surface area contributed by atoms with E-state index < -0.39 is 11.9 Å². The summed E-state index contributed by atoms with van der Waals surface area (Å²) in [5.74, 6) is -1.62. The Bertz CT molecular complexity index is 836. The zero-order valence-corrected chi connectivity index (χ0v) is 13.3. The van der Waals surface area contributed by atoms with Crippen molar-refractivity contribution in [3.8, 4) is 0 Å². The van der Waals surface area contributed by atoms with Crippen LogP contribution in [0.1, 0.15) is 46.2 Å². The number of carbonyl (C=O) groups excluding carboxylic acids is 1. The van der Waals surface area contributed by atoms with Gasteiger partial charge in [0.25, 0.3) is 11.5 Å². The molecule has 0 fully saturated rings. The summed E-state index contributed by atoms with van der Waals surface area (Å²) in [4.78, 5) is 35.0. The van der Waals surface area contributed by atoms with E-state index in [4.69, 9.17) is 5.11 Å². The molecular weight excluding hydrogens is 310 g/mol. The van der Waals surface area contributed by atoms with E-state index in [1.165, 1.54) is 29.0 Å². The molecule has 0 aliphatic rings. The Labute approximate surface area is 138 Å². The maximum Gasteiger partial charge on any atom is 0.335 e. The molecule has 0 atom stereocenters. The first-order valence-corrected chi connectivity index (χ1v) is 7.28. The molecule has 2 rings (SSSR count). The minimum Gasteiger partial charge on any atom is -0.478 e. The molecule has 2 N–H and O–H groups in total. The van der Waals surface area contributed by atoms with Crippen molar-refractivity contribution in [2.75, 3.05) is 0 Å². The van der Waals surface area contributed by atoms with Gasteiger partial charge in [0.2, 0.25) is 0 Å². The summed E-state index contributed by atoms with van der Waals surface area (Å²) in [7, 11) is 0. The van der Waals surface area contributed by atoms with Gasteiger partial charge < -0.3 is 9.67 Å². The maximum absolute atomic E-state index is 12.2. The average molecular weight is 327 g/mol. The first-order chi connectivity index (χ1) is 11.4. The molecule has 124 valence electrons. The molecule has 0 saturated heterocycles. The van der Waals surface area contributed by atoms with E-state index in [0.29, 0.717) is 5.56 Å². The third-order valence-electron chi connectivity index (χ3n) is 3.31. The van der Waals surface area contributed by atoms with Crippen molar-refractivity contribution in [3.05, 3.63) is 69.6 Å². The fourth-order valence-electron chi connectivity index (χ4n) is 2.03. The first-order valence-electron chi connectivity index (χ1n) is 7.28. The molecule has 0 saturated carbocycles. The molecule has 7 heteroatoms. The van der Waals surface area contributed by atoms with Gasteiger partial charge in [-0.05, 0) is 43.7 Å². The monoisotopic (exact) mass is 327 g/mol. The summed E-state index contributed by atoms with van der Waals surface area (Å²) in [5, 5.41) is 12.6. The molecule has 0 radical (unpaired) electrons. The quantitative estimate of drug-likeness (QED) is 0.647. The highest BCUT2D eigenvalue weighted by atomic mass is 16.4. The number of carbonyl (C=O) groups is 2. The van der Waals surface area contributed by atoms with Crippen LogP contribution in [0.5, 0.6) is 0 Å². The van der Waals surface area contributed by atoms with Gasteiger partial charge in [-0.25, -0.2) is 10.2 Å². The van der Waals surface area contributed by atoms with Crippen LogP contribution in [-0.4, -0.2) is 27.8 Å². The minimum atomic E-state index is -1.02. The summed E-state index contributed by atoms with van der Waals surface area (Å²) in [6.45, 7) is 3.70. The third kappa shape index (κ3) is 3.95. The van der Waals surface area contributed by atoms with E-state index in [1.54, 1.807) is 24.4 Å². The highest BCUT2D eigenvalue weighted by molar-refractivity contribution is 5.94. The average Bonchev–Trinajstić information content (AvgIpc) is 2.55. The number of pyridine rings is 1. The number of aromatic nitrogens is 1. The summed E-state index contributed by atoms with van der Waals surface area (Å²) in [6.07, 6.45) is 2.99. The molecular formula is C17H17N3O4. The summed E-state index contributed by atoms with van der Waals surface area (Å²) in [5.41, 5.74) is 2.69. The van der Waals surface area contributed by atoms with Crippen molar-refractivity contribution < 1.29 is 14.7 Å². The van der Waals surface area contributed by atoms with Crippen LogP contribution >= 0.6 is 0 Å². The van der Waals surface area contributed by atoms with E-state index in [1.807, 2.05) is 13.8 Å². The second-order valence-corrected chi connectivity index (χ2v) is 5.35. The van der Waals surface area contributed by atoms with Crippen LogP contribution < -0.4 is 11.0 Å². The molecule has 7 nitrogen and oxygen atoms in total. The smallest absolute Gasteiger partial charge is 0.335 e. The number of nitrogens with one attached hydrogen (secondary N) is 1. The lowest BCUT2D eigenvalue weighted by atomic mass is 10.1. The van der Waals surface area contributed by atoms with Crippen molar-refractivity contribution in [2.45, 2.75) is 19.9 Å². The highest BCUT2D eigenvalue weighted by Gasteiger charge is 2.12. The normalized spacial score (nSPS) is 11.0. The van der Waals surface area contributed by atoms with Gasteiger partial charge in [0.1, 0.15) is 5.56 Å². The Morgan fingerprint density at radius 1 is 1.21 bits per heavy atom. The predicted molar refractivity (Wildman–Crippen MR) is 89.5 cm³/mol. The molecule has 0 aliphatic heterocycles. The zero-order chi connectivity index (χ0) is 17.7. The number of carboxylic acid groups (broad SMARTS) is 1. The number of hydrazone groups is 1. The van der Waals surface area contributed by atoms with Crippen LogP contribution in [0.15, 0.2) is 52.5 Å². The SMILES string of the molecule is CC(C)n1cccc(C(=O)N/N=C\c2ccc(C(=O)O)cc2)c1=O. The number of aromatic carboxylic acids is 1. The van der Waals surface area contributed by atoms with Gasteiger partial charge in [0, 0.05) is 12.2 Å². The van der Waals surface area contributed by atoms with Gasteiger partial charge in [-0.2, -0.15) is 5.10 Å². The molecule has 0 aliphatic carbocycles. The number of hydrogen-bond acceptors (Lipinski definition) is 4. The predicted octanol–water partition coefficient (Wildman–Crippen LogP) is 1.89. The Hall–Kier alpha value is -3.22. The molecule has 24 heavy (non-hydrogen) atoms. The van der Waals surface area contributed by atoms with Crippen molar-refractivity contribution in [2.24, 2.45) is 5.10 Å². The lowest BCUT2D eigenvalue weighted by Crippen LogP contribution is -2.31. The van der Waals surface area contributed by atoms with E-state index in [0.717, 1.165) is 0 Å².